The van der Waals surface area contributed by atoms with E-state index >= 15 is 0 Å². The largest absolute Gasteiger partial charge is 0.396 e. The number of hydrogen-bond acceptors (Lipinski definition) is 3. The van der Waals surface area contributed by atoms with Crippen LogP contribution in [0.5, 0.6) is 0 Å². The van der Waals surface area contributed by atoms with Crippen molar-refractivity contribution < 1.29 is 23.0 Å². The zero-order chi connectivity index (χ0) is 10.3. The minimum absolute atomic E-state index is 0.0840. The fourth-order valence-electron chi connectivity index (χ4n) is 0.688. The highest BCUT2D eigenvalue weighted by atomic mass is 19.4. The molecule has 0 spiro atoms. The number of nitrogens with two attached hydrogens (primary N) is 1. The van der Waals surface area contributed by atoms with Crippen molar-refractivity contribution >= 4 is 0 Å². The molecule has 0 aliphatic carbocycles. The van der Waals surface area contributed by atoms with Crippen LogP contribution in [0.25, 0.3) is 0 Å². The van der Waals surface area contributed by atoms with Crippen molar-refractivity contribution in [3.8, 4) is 0 Å². The van der Waals surface area contributed by atoms with Crippen molar-refractivity contribution in [2.45, 2.75) is 12.6 Å². The highest BCUT2D eigenvalue weighted by molar-refractivity contribution is 4.67. The van der Waals surface area contributed by atoms with Gasteiger partial charge < -0.3 is 15.6 Å². The number of alkyl halides is 3. The molecule has 0 amide bonds. The van der Waals surface area contributed by atoms with Crippen molar-refractivity contribution in [3.05, 3.63) is 0 Å². The number of hydrogen-bond donors (Lipinski definition) is 2. The van der Waals surface area contributed by atoms with Crippen molar-refractivity contribution in [1.82, 2.24) is 0 Å². The Kier molecular flexibility index (Phi) is 6.02. The van der Waals surface area contributed by atoms with Gasteiger partial charge in [-0.3, -0.25) is 0 Å². The number of halogens is 3. The van der Waals surface area contributed by atoms with E-state index in [1.54, 1.807) is 0 Å². The van der Waals surface area contributed by atoms with Gasteiger partial charge in [-0.2, -0.15) is 13.2 Å². The lowest BCUT2D eigenvalue weighted by Crippen LogP contribution is -2.34. The predicted octanol–water partition coefficient (Wildman–Crippen LogP) is 0.523. The molecule has 1 atom stereocenters. The molecule has 0 aromatic heterocycles. The van der Waals surface area contributed by atoms with Gasteiger partial charge in [0.2, 0.25) is 0 Å². The van der Waals surface area contributed by atoms with E-state index in [0.29, 0.717) is 6.42 Å². The van der Waals surface area contributed by atoms with Crippen LogP contribution >= 0.6 is 0 Å². The Hall–Kier alpha value is -0.330. The summed E-state index contributed by atoms with van der Waals surface area (Å²) in [6.07, 6.45) is -3.96. The third-order valence-corrected chi connectivity index (χ3v) is 1.51. The van der Waals surface area contributed by atoms with Gasteiger partial charge in [0, 0.05) is 19.8 Å². The molecule has 80 valence electrons. The molecule has 0 bridgehead atoms. The Balaban J connectivity index is 3.61. The second-order valence-electron chi connectivity index (χ2n) is 2.63. The summed E-state index contributed by atoms with van der Waals surface area (Å²) >= 11 is 0. The van der Waals surface area contributed by atoms with E-state index < -0.39 is 25.2 Å². The van der Waals surface area contributed by atoms with Crippen LogP contribution < -0.4 is 5.73 Å². The zero-order valence-electron chi connectivity index (χ0n) is 7.18. The van der Waals surface area contributed by atoms with Crippen LogP contribution in [-0.2, 0) is 4.74 Å². The van der Waals surface area contributed by atoms with Crippen molar-refractivity contribution in [2.75, 3.05) is 26.4 Å². The van der Waals surface area contributed by atoms with Crippen LogP contribution in [0.4, 0.5) is 13.2 Å². The van der Waals surface area contributed by atoms with E-state index in [2.05, 4.69) is 0 Å². The first-order valence-electron chi connectivity index (χ1n) is 3.97. The molecule has 13 heavy (non-hydrogen) atoms. The summed E-state index contributed by atoms with van der Waals surface area (Å²) in [4.78, 5) is 0. The highest BCUT2D eigenvalue weighted by Gasteiger charge is 2.38. The van der Waals surface area contributed by atoms with E-state index in [1.807, 2.05) is 0 Å². The van der Waals surface area contributed by atoms with E-state index in [9.17, 15) is 13.2 Å². The third-order valence-electron chi connectivity index (χ3n) is 1.51. The summed E-state index contributed by atoms with van der Waals surface area (Å²) < 4.78 is 40.8. The van der Waals surface area contributed by atoms with Crippen LogP contribution in [0, 0.1) is 5.92 Å². The Labute approximate surface area is 74.7 Å². The minimum Gasteiger partial charge on any atom is -0.396 e. The summed E-state index contributed by atoms with van der Waals surface area (Å²) in [5.41, 5.74) is 4.92. The first kappa shape index (κ1) is 12.7. The smallest absolute Gasteiger partial charge is 0.395 e. The normalized spacial score (nSPS) is 14.5. The number of rotatable bonds is 6. The lowest BCUT2D eigenvalue weighted by atomic mass is 10.1. The quantitative estimate of drug-likeness (QED) is 0.616. The first-order valence-corrected chi connectivity index (χ1v) is 3.97. The van der Waals surface area contributed by atoms with Crippen molar-refractivity contribution in [3.63, 3.8) is 0 Å². The minimum atomic E-state index is -4.30. The van der Waals surface area contributed by atoms with Gasteiger partial charge in [0.1, 0.15) is 0 Å². The molecular formula is C7H14F3NO2. The van der Waals surface area contributed by atoms with E-state index in [1.165, 1.54) is 0 Å². The van der Waals surface area contributed by atoms with Gasteiger partial charge in [0.15, 0.2) is 0 Å². The summed E-state index contributed by atoms with van der Waals surface area (Å²) in [7, 11) is 0. The Morgan fingerprint density at radius 1 is 1.38 bits per heavy atom. The Morgan fingerprint density at radius 3 is 2.38 bits per heavy atom. The van der Waals surface area contributed by atoms with E-state index in [4.69, 9.17) is 15.6 Å². The van der Waals surface area contributed by atoms with E-state index in [-0.39, 0.29) is 13.2 Å². The summed E-state index contributed by atoms with van der Waals surface area (Å²) in [6.45, 7) is -0.856. The summed E-state index contributed by atoms with van der Waals surface area (Å²) in [5, 5.41) is 8.32. The molecule has 0 heterocycles. The first-order chi connectivity index (χ1) is 6.02. The maximum absolute atomic E-state index is 12.0. The molecule has 0 saturated carbocycles. The molecule has 0 radical (unpaired) electrons. The predicted molar refractivity (Wildman–Crippen MR) is 41.1 cm³/mol. The molecule has 0 fully saturated rings. The lowest BCUT2D eigenvalue weighted by Gasteiger charge is -2.17. The fraction of sp³-hybridized carbons (Fsp3) is 1.00. The van der Waals surface area contributed by atoms with E-state index in [0.717, 1.165) is 0 Å². The molecule has 0 aromatic rings. The van der Waals surface area contributed by atoms with Crippen LogP contribution in [0.2, 0.25) is 0 Å². The fourth-order valence-corrected chi connectivity index (χ4v) is 0.688. The standard InChI is InChI=1S/C7H14F3NO2/c8-7(9,10)6(4-11)5-13-3-1-2-12/h6,12H,1-5,11H2. The van der Waals surface area contributed by atoms with Gasteiger partial charge >= 0.3 is 6.18 Å². The second kappa shape index (κ2) is 6.17. The average Bonchev–Trinajstić information content (AvgIpc) is 2.02. The SMILES string of the molecule is NCC(COCCCO)C(F)(F)F. The molecule has 3 nitrogen and oxygen atoms in total. The van der Waals surface area contributed by atoms with Crippen LogP contribution in [0.3, 0.4) is 0 Å². The molecule has 1 unspecified atom stereocenters. The third kappa shape index (κ3) is 5.84. The van der Waals surface area contributed by atoms with Gasteiger partial charge in [-0.1, -0.05) is 0 Å². The number of ether oxygens (including phenoxy) is 1. The molecular weight excluding hydrogens is 187 g/mol. The topological polar surface area (TPSA) is 55.5 Å². The molecule has 0 aliphatic heterocycles. The van der Waals surface area contributed by atoms with Gasteiger partial charge in [-0.25, -0.2) is 0 Å². The number of aliphatic hydroxyl groups is 1. The molecule has 6 heteroatoms. The van der Waals surface area contributed by atoms with Gasteiger partial charge in [-0.05, 0) is 6.42 Å². The molecule has 0 aromatic carbocycles. The average molecular weight is 201 g/mol. The summed E-state index contributed by atoms with van der Waals surface area (Å²) in [5.74, 6) is -1.61. The monoisotopic (exact) mass is 201 g/mol. The van der Waals surface area contributed by atoms with Crippen LogP contribution in [-0.4, -0.2) is 37.6 Å². The highest BCUT2D eigenvalue weighted by Crippen LogP contribution is 2.25. The molecule has 0 aliphatic rings. The summed E-state index contributed by atoms with van der Waals surface area (Å²) in [6, 6.07) is 0. The van der Waals surface area contributed by atoms with Crippen LogP contribution in [0.15, 0.2) is 0 Å². The maximum Gasteiger partial charge on any atom is 0.395 e. The molecule has 0 rings (SSSR count). The van der Waals surface area contributed by atoms with Gasteiger partial charge in [-0.15, -0.1) is 0 Å². The van der Waals surface area contributed by atoms with Gasteiger partial charge in [0.05, 0.1) is 12.5 Å². The zero-order valence-corrected chi connectivity index (χ0v) is 7.18. The molecule has 3 N–H and O–H groups in total. The van der Waals surface area contributed by atoms with Crippen LogP contribution in [0.1, 0.15) is 6.42 Å². The Morgan fingerprint density at radius 2 is 2.00 bits per heavy atom. The van der Waals surface area contributed by atoms with Crippen molar-refractivity contribution in [1.29, 1.82) is 0 Å². The molecule has 0 saturated heterocycles. The van der Waals surface area contributed by atoms with Crippen molar-refractivity contribution in [2.24, 2.45) is 11.7 Å². The lowest BCUT2D eigenvalue weighted by molar-refractivity contribution is -0.185. The Bertz CT molecular complexity index is 129. The maximum atomic E-state index is 12.0. The second-order valence-corrected chi connectivity index (χ2v) is 2.63. The number of aliphatic hydroxyl groups excluding tert-OH is 1. The van der Waals surface area contributed by atoms with Gasteiger partial charge in [0.25, 0.3) is 0 Å².